The number of carbonyl (C=O) groups is 1. The van der Waals surface area contributed by atoms with Crippen molar-refractivity contribution < 1.29 is 18.0 Å². The third-order valence-corrected chi connectivity index (χ3v) is 8.65. The highest BCUT2D eigenvalue weighted by atomic mass is 19.4. The molecule has 2 aliphatic heterocycles. The van der Waals surface area contributed by atoms with E-state index < -0.39 is 23.1 Å². The number of fused-ring (bicyclic) bond motifs is 1. The van der Waals surface area contributed by atoms with E-state index in [1.54, 1.807) is 12.4 Å². The third kappa shape index (κ3) is 4.42. The fourth-order valence-corrected chi connectivity index (χ4v) is 7.03. The van der Waals surface area contributed by atoms with E-state index >= 15 is 0 Å². The number of aromatic nitrogens is 4. The van der Waals surface area contributed by atoms with Gasteiger partial charge in [-0.05, 0) is 55.2 Å². The smallest absolute Gasteiger partial charge is 0.347 e. The molecule has 1 aromatic carbocycles. The summed E-state index contributed by atoms with van der Waals surface area (Å²) >= 11 is 0. The number of pyridine rings is 1. The number of likely N-dealkylation sites (tertiary alicyclic amines) is 1. The number of rotatable bonds is 5. The Bertz CT molecular complexity index is 1420. The Morgan fingerprint density at radius 2 is 1.97 bits per heavy atom. The highest BCUT2D eigenvalue weighted by Gasteiger charge is 2.48. The summed E-state index contributed by atoms with van der Waals surface area (Å²) in [5.41, 5.74) is 0.443. The van der Waals surface area contributed by atoms with Gasteiger partial charge >= 0.3 is 6.18 Å². The van der Waals surface area contributed by atoms with Crippen LogP contribution in [0.25, 0.3) is 11.1 Å². The maximum absolute atomic E-state index is 14.9. The summed E-state index contributed by atoms with van der Waals surface area (Å²) in [6.45, 7) is 6.00. The molecular weight excluding hydrogens is 505 g/mol. The van der Waals surface area contributed by atoms with Crippen LogP contribution in [0.15, 0.2) is 30.6 Å². The number of hydrogen-bond acceptors (Lipinski definition) is 5. The molecule has 0 unspecified atom stereocenters. The van der Waals surface area contributed by atoms with Crippen LogP contribution in [0, 0.1) is 11.8 Å². The van der Waals surface area contributed by atoms with Crippen molar-refractivity contribution >= 4 is 5.91 Å². The molecule has 1 N–H and O–H groups in total. The lowest BCUT2D eigenvalue weighted by Gasteiger charge is -2.46. The molecule has 4 heterocycles. The predicted octanol–water partition coefficient (Wildman–Crippen LogP) is 5.09. The fraction of sp³-hybridized carbons (Fsp3) is 0.517. The molecule has 206 valence electrons. The minimum atomic E-state index is -4.65. The van der Waals surface area contributed by atoms with E-state index in [0.717, 1.165) is 50.2 Å². The Hall–Kier alpha value is -3.27. The van der Waals surface area contributed by atoms with Crippen molar-refractivity contribution in [3.05, 3.63) is 64.5 Å². The molecule has 7 nitrogen and oxygen atoms in total. The van der Waals surface area contributed by atoms with Crippen LogP contribution >= 0.6 is 0 Å². The Morgan fingerprint density at radius 3 is 2.64 bits per heavy atom. The van der Waals surface area contributed by atoms with Gasteiger partial charge in [0.25, 0.3) is 5.91 Å². The molecule has 39 heavy (non-hydrogen) atoms. The maximum Gasteiger partial charge on any atom is 0.417 e. The van der Waals surface area contributed by atoms with Crippen LogP contribution in [-0.4, -0.2) is 43.6 Å². The first-order chi connectivity index (χ1) is 18.6. The molecule has 1 atom stereocenters. The molecule has 3 aromatic rings. The largest absolute Gasteiger partial charge is 0.417 e. The summed E-state index contributed by atoms with van der Waals surface area (Å²) < 4.78 is 46.5. The summed E-state index contributed by atoms with van der Waals surface area (Å²) in [6.07, 6.45) is 0.783. The molecule has 0 bridgehead atoms. The highest BCUT2D eigenvalue weighted by Crippen LogP contribution is 2.52. The number of nitrogens with zero attached hydrogens (tertiary/aromatic N) is 5. The first kappa shape index (κ1) is 26.0. The topological polar surface area (TPSA) is 75.9 Å². The Morgan fingerprint density at radius 1 is 1.18 bits per heavy atom. The number of alkyl halides is 3. The van der Waals surface area contributed by atoms with Crippen molar-refractivity contribution in [2.75, 3.05) is 13.1 Å². The van der Waals surface area contributed by atoms with Gasteiger partial charge in [-0.2, -0.15) is 13.2 Å². The van der Waals surface area contributed by atoms with Crippen LogP contribution in [-0.2, 0) is 31.7 Å². The number of benzene rings is 1. The molecule has 1 aliphatic carbocycles. The number of halogens is 3. The SMILES string of the molecule is CC1CC(c2cccc(-c3c(CN4CCC[C@H](C)C4)nc4c(c3C(F)(F)F)CNC4=O)c2)(c2nncn2C)C1. The zero-order valence-electron chi connectivity index (χ0n) is 22.5. The third-order valence-electron chi connectivity index (χ3n) is 8.65. The van der Waals surface area contributed by atoms with Crippen molar-refractivity contribution in [1.29, 1.82) is 0 Å². The molecule has 10 heteroatoms. The van der Waals surface area contributed by atoms with Gasteiger partial charge in [-0.3, -0.25) is 9.69 Å². The number of amides is 1. The first-order valence-electron chi connectivity index (χ1n) is 13.7. The van der Waals surface area contributed by atoms with Gasteiger partial charge in [0.1, 0.15) is 17.8 Å². The molecule has 2 fully saturated rings. The zero-order chi connectivity index (χ0) is 27.5. The molecule has 0 spiro atoms. The second-order valence-corrected chi connectivity index (χ2v) is 11.7. The van der Waals surface area contributed by atoms with Crippen LogP contribution in [0.1, 0.15) is 78.2 Å². The summed E-state index contributed by atoms with van der Waals surface area (Å²) in [4.78, 5) is 19.3. The number of carbonyl (C=O) groups excluding carboxylic acids is 1. The van der Waals surface area contributed by atoms with E-state index in [1.165, 1.54) is 0 Å². The molecule has 1 saturated carbocycles. The van der Waals surface area contributed by atoms with E-state index in [9.17, 15) is 18.0 Å². The number of aryl methyl sites for hydroxylation is 1. The summed E-state index contributed by atoms with van der Waals surface area (Å²) in [6, 6.07) is 7.43. The minimum Gasteiger partial charge on any atom is -0.347 e. The van der Waals surface area contributed by atoms with Crippen molar-refractivity contribution in [3.63, 3.8) is 0 Å². The molecule has 2 aromatic heterocycles. The normalized spacial score (nSPS) is 25.3. The standard InChI is InChI=1S/C29H33F3N6O/c1-17-6-5-9-38(14-17)15-22-23(24(29(30,31)32)21-13-33-26(39)25(21)35-22)19-7-4-8-20(10-19)28(11-18(2)12-28)27-36-34-16-37(27)3/h4,7-8,10,16-18H,5-6,9,11-15H2,1-3H3,(H,33,39)/t17-,18?,28?/m0/s1. The predicted molar refractivity (Wildman–Crippen MR) is 140 cm³/mol. The van der Waals surface area contributed by atoms with Gasteiger partial charge in [-0.15, -0.1) is 10.2 Å². The molecule has 6 rings (SSSR count). The lowest BCUT2D eigenvalue weighted by molar-refractivity contribution is -0.137. The van der Waals surface area contributed by atoms with Gasteiger partial charge < -0.3 is 9.88 Å². The Labute approximate surface area is 225 Å². The second-order valence-electron chi connectivity index (χ2n) is 11.7. The number of nitrogens with one attached hydrogen (secondary N) is 1. The average molecular weight is 539 g/mol. The van der Waals surface area contributed by atoms with Gasteiger partial charge in [0, 0.05) is 37.8 Å². The quantitative estimate of drug-likeness (QED) is 0.490. The van der Waals surface area contributed by atoms with Gasteiger partial charge in [0.2, 0.25) is 0 Å². The molecule has 3 aliphatic rings. The van der Waals surface area contributed by atoms with Crippen LogP contribution in [0.3, 0.4) is 0 Å². The second kappa shape index (κ2) is 9.43. The van der Waals surface area contributed by atoms with Gasteiger partial charge in [-0.1, -0.05) is 38.1 Å². The van der Waals surface area contributed by atoms with Crippen LogP contribution in [0.5, 0.6) is 0 Å². The Kier molecular flexibility index (Phi) is 6.28. The van der Waals surface area contributed by atoms with Crippen LogP contribution in [0.2, 0.25) is 0 Å². The number of hydrogen-bond donors (Lipinski definition) is 1. The molecule has 0 radical (unpaired) electrons. The lowest BCUT2D eigenvalue weighted by atomic mass is 9.58. The van der Waals surface area contributed by atoms with Gasteiger partial charge in [0.15, 0.2) is 0 Å². The highest BCUT2D eigenvalue weighted by molar-refractivity contribution is 5.98. The summed E-state index contributed by atoms with van der Waals surface area (Å²) in [5.74, 6) is 1.19. The van der Waals surface area contributed by atoms with E-state index in [4.69, 9.17) is 0 Å². The van der Waals surface area contributed by atoms with E-state index in [0.29, 0.717) is 23.1 Å². The monoisotopic (exact) mass is 538 g/mol. The molecular formula is C29H33F3N6O. The van der Waals surface area contributed by atoms with Crippen molar-refractivity contribution in [1.82, 2.24) is 30.0 Å². The van der Waals surface area contributed by atoms with Crippen LogP contribution in [0.4, 0.5) is 13.2 Å². The molecule has 1 saturated heterocycles. The fourth-order valence-electron chi connectivity index (χ4n) is 7.03. The van der Waals surface area contributed by atoms with Gasteiger partial charge in [0.05, 0.1) is 16.7 Å². The van der Waals surface area contributed by atoms with Crippen molar-refractivity contribution in [3.8, 4) is 11.1 Å². The Balaban J connectivity index is 1.54. The van der Waals surface area contributed by atoms with E-state index in [2.05, 4.69) is 39.2 Å². The summed E-state index contributed by atoms with van der Waals surface area (Å²) in [5, 5.41) is 11.1. The molecule has 1 amide bonds. The van der Waals surface area contributed by atoms with Gasteiger partial charge in [-0.25, -0.2) is 4.98 Å². The first-order valence-corrected chi connectivity index (χ1v) is 13.7. The van der Waals surface area contributed by atoms with Crippen LogP contribution < -0.4 is 5.32 Å². The van der Waals surface area contributed by atoms with E-state index in [-0.39, 0.29) is 29.9 Å². The zero-order valence-corrected chi connectivity index (χ0v) is 22.5. The van der Waals surface area contributed by atoms with E-state index in [1.807, 2.05) is 29.8 Å². The van der Waals surface area contributed by atoms with Crippen molar-refractivity contribution in [2.45, 2.75) is 64.2 Å². The average Bonchev–Trinajstić information content (AvgIpc) is 3.46. The minimum absolute atomic E-state index is 0.0658. The van der Waals surface area contributed by atoms with Crippen molar-refractivity contribution in [2.24, 2.45) is 18.9 Å². The summed E-state index contributed by atoms with van der Waals surface area (Å²) in [7, 11) is 1.90. The number of piperidine rings is 1. The maximum atomic E-state index is 14.9. The lowest BCUT2D eigenvalue weighted by Crippen LogP contribution is -2.43.